The number of para-hydroxylation sites is 1. The summed E-state index contributed by atoms with van der Waals surface area (Å²) in [6.07, 6.45) is -1.27. The lowest BCUT2D eigenvalue weighted by Crippen LogP contribution is -2.08. The van der Waals surface area contributed by atoms with Crippen LogP contribution in [0.15, 0.2) is 36.4 Å². The summed E-state index contributed by atoms with van der Waals surface area (Å²) in [6.45, 7) is 0. The van der Waals surface area contributed by atoms with Gasteiger partial charge in [0, 0.05) is 18.6 Å². The molecular formula is C16H16F2O3. The van der Waals surface area contributed by atoms with E-state index < -0.39 is 17.7 Å². The van der Waals surface area contributed by atoms with Gasteiger partial charge in [-0.25, -0.2) is 8.78 Å². The fraction of sp³-hybridized carbons (Fsp3) is 0.250. The van der Waals surface area contributed by atoms with Crippen molar-refractivity contribution in [3.05, 3.63) is 59.2 Å². The van der Waals surface area contributed by atoms with Gasteiger partial charge in [-0.05, 0) is 11.6 Å². The molecule has 0 saturated carbocycles. The number of halogens is 2. The molecule has 2 rings (SSSR count). The highest BCUT2D eigenvalue weighted by Crippen LogP contribution is 2.30. The lowest BCUT2D eigenvalue weighted by atomic mass is 9.99. The van der Waals surface area contributed by atoms with Crippen molar-refractivity contribution in [1.82, 2.24) is 0 Å². The zero-order chi connectivity index (χ0) is 15.4. The van der Waals surface area contributed by atoms with E-state index in [0.29, 0.717) is 11.3 Å². The smallest absolute Gasteiger partial charge is 0.135 e. The first kappa shape index (κ1) is 15.3. The Morgan fingerprint density at radius 2 is 1.67 bits per heavy atom. The summed E-state index contributed by atoms with van der Waals surface area (Å²) in [7, 11) is 2.82. The zero-order valence-corrected chi connectivity index (χ0v) is 11.8. The number of hydrogen-bond acceptors (Lipinski definition) is 3. The molecule has 0 fully saturated rings. The minimum atomic E-state index is -1.31. The maximum Gasteiger partial charge on any atom is 0.135 e. The Morgan fingerprint density at radius 3 is 2.24 bits per heavy atom. The summed E-state index contributed by atoms with van der Waals surface area (Å²) >= 11 is 0. The molecule has 5 heteroatoms. The van der Waals surface area contributed by atoms with E-state index >= 15 is 0 Å². The van der Waals surface area contributed by atoms with Gasteiger partial charge in [-0.2, -0.15) is 0 Å². The molecule has 112 valence electrons. The number of ether oxygens (including phenoxy) is 2. The lowest BCUT2D eigenvalue weighted by molar-refractivity contribution is 0.167. The van der Waals surface area contributed by atoms with E-state index in [0.717, 1.165) is 12.1 Å². The molecule has 0 bridgehead atoms. The quantitative estimate of drug-likeness (QED) is 0.920. The van der Waals surface area contributed by atoms with Gasteiger partial charge < -0.3 is 14.6 Å². The van der Waals surface area contributed by atoms with E-state index in [4.69, 9.17) is 9.47 Å². The summed E-state index contributed by atoms with van der Waals surface area (Å²) in [5.74, 6) is -1.05. The summed E-state index contributed by atoms with van der Waals surface area (Å²) in [6, 6.07) is 9.10. The molecular weight excluding hydrogens is 278 g/mol. The Bertz CT molecular complexity index is 606. The number of benzene rings is 2. The fourth-order valence-corrected chi connectivity index (χ4v) is 2.18. The maximum atomic E-state index is 13.9. The molecule has 0 aliphatic carbocycles. The molecule has 0 amide bonds. The Morgan fingerprint density at radius 1 is 1.05 bits per heavy atom. The van der Waals surface area contributed by atoms with Crippen molar-refractivity contribution in [1.29, 1.82) is 0 Å². The second kappa shape index (κ2) is 6.54. The first-order chi connectivity index (χ1) is 10.1. The number of rotatable bonds is 5. The molecule has 3 nitrogen and oxygen atoms in total. The molecule has 1 atom stereocenters. The lowest BCUT2D eigenvalue weighted by Gasteiger charge is -2.15. The molecule has 0 saturated heterocycles. The normalized spacial score (nSPS) is 12.0. The number of methoxy groups -OCH3 is 2. The third-order valence-electron chi connectivity index (χ3n) is 3.23. The van der Waals surface area contributed by atoms with Crippen molar-refractivity contribution in [2.75, 3.05) is 14.2 Å². The predicted octanol–water partition coefficient (Wildman–Crippen LogP) is 3.26. The Balaban J connectivity index is 2.30. The van der Waals surface area contributed by atoms with E-state index in [1.54, 1.807) is 24.3 Å². The molecule has 2 aromatic carbocycles. The van der Waals surface area contributed by atoms with E-state index in [9.17, 15) is 13.9 Å². The van der Waals surface area contributed by atoms with Crippen LogP contribution in [-0.4, -0.2) is 19.3 Å². The van der Waals surface area contributed by atoms with Gasteiger partial charge in [0.1, 0.15) is 23.1 Å². The van der Waals surface area contributed by atoms with Gasteiger partial charge in [0.15, 0.2) is 0 Å². The maximum absolute atomic E-state index is 13.9. The number of aliphatic hydroxyl groups excluding tert-OH is 1. The summed E-state index contributed by atoms with van der Waals surface area (Å²) in [4.78, 5) is 0. The van der Waals surface area contributed by atoms with Crippen LogP contribution in [0.1, 0.15) is 17.2 Å². The van der Waals surface area contributed by atoms with Crippen molar-refractivity contribution in [2.24, 2.45) is 0 Å². The highest BCUT2D eigenvalue weighted by Gasteiger charge is 2.21. The van der Waals surface area contributed by atoms with Crippen molar-refractivity contribution < 1.29 is 23.4 Å². The van der Waals surface area contributed by atoms with Crippen LogP contribution in [0.2, 0.25) is 0 Å². The van der Waals surface area contributed by atoms with Crippen LogP contribution in [-0.2, 0) is 6.42 Å². The Hall–Kier alpha value is -2.14. The Labute approximate surface area is 121 Å². The molecule has 1 N–H and O–H groups in total. The van der Waals surface area contributed by atoms with Crippen LogP contribution in [0, 0.1) is 11.6 Å². The van der Waals surface area contributed by atoms with Gasteiger partial charge >= 0.3 is 0 Å². The summed E-state index contributed by atoms with van der Waals surface area (Å²) in [5.41, 5.74) is 0.295. The van der Waals surface area contributed by atoms with Gasteiger partial charge in [0.2, 0.25) is 0 Å². The standard InChI is InChI=1S/C16H16F2O3/c1-20-11-8-12(17)16(13(18)9-11)14(19)7-10-5-3-4-6-15(10)21-2/h3-6,8-9,14,19H,7H2,1-2H3. The van der Waals surface area contributed by atoms with E-state index in [1.807, 2.05) is 0 Å². The minimum absolute atomic E-state index is 0.0458. The van der Waals surface area contributed by atoms with Crippen LogP contribution in [0.5, 0.6) is 11.5 Å². The van der Waals surface area contributed by atoms with E-state index in [1.165, 1.54) is 14.2 Å². The number of hydrogen-bond donors (Lipinski definition) is 1. The third-order valence-corrected chi connectivity index (χ3v) is 3.23. The van der Waals surface area contributed by atoms with Crippen LogP contribution in [0.3, 0.4) is 0 Å². The molecule has 0 aliphatic heterocycles. The van der Waals surface area contributed by atoms with Crippen molar-refractivity contribution in [3.8, 4) is 11.5 Å². The molecule has 0 heterocycles. The molecule has 1 unspecified atom stereocenters. The minimum Gasteiger partial charge on any atom is -0.497 e. The van der Waals surface area contributed by atoms with Crippen molar-refractivity contribution >= 4 is 0 Å². The van der Waals surface area contributed by atoms with Crippen LogP contribution in [0.4, 0.5) is 8.78 Å². The zero-order valence-electron chi connectivity index (χ0n) is 11.8. The molecule has 0 spiro atoms. The predicted molar refractivity (Wildman–Crippen MR) is 74.6 cm³/mol. The topological polar surface area (TPSA) is 38.7 Å². The average Bonchev–Trinajstić information content (AvgIpc) is 2.46. The summed E-state index contributed by atoms with van der Waals surface area (Å²) in [5, 5.41) is 10.1. The largest absolute Gasteiger partial charge is 0.497 e. The Kier molecular flexibility index (Phi) is 4.75. The first-order valence-electron chi connectivity index (χ1n) is 6.39. The monoisotopic (exact) mass is 294 g/mol. The van der Waals surface area contributed by atoms with Crippen LogP contribution in [0.25, 0.3) is 0 Å². The van der Waals surface area contributed by atoms with E-state index in [-0.39, 0.29) is 17.7 Å². The molecule has 21 heavy (non-hydrogen) atoms. The van der Waals surface area contributed by atoms with Gasteiger partial charge in [0.25, 0.3) is 0 Å². The number of aliphatic hydroxyl groups is 1. The van der Waals surface area contributed by atoms with E-state index in [2.05, 4.69) is 0 Å². The van der Waals surface area contributed by atoms with Gasteiger partial charge in [-0.1, -0.05) is 18.2 Å². The SMILES string of the molecule is COc1cc(F)c(C(O)Cc2ccccc2OC)c(F)c1. The molecule has 0 aromatic heterocycles. The summed E-state index contributed by atoms with van der Waals surface area (Å²) < 4.78 is 37.8. The van der Waals surface area contributed by atoms with Crippen LogP contribution >= 0.6 is 0 Å². The van der Waals surface area contributed by atoms with Crippen molar-refractivity contribution in [3.63, 3.8) is 0 Å². The average molecular weight is 294 g/mol. The second-order valence-corrected chi connectivity index (χ2v) is 4.54. The van der Waals surface area contributed by atoms with Gasteiger partial charge in [-0.3, -0.25) is 0 Å². The highest BCUT2D eigenvalue weighted by molar-refractivity contribution is 5.37. The molecule has 0 aliphatic rings. The van der Waals surface area contributed by atoms with Gasteiger partial charge in [0.05, 0.1) is 25.9 Å². The molecule has 0 radical (unpaired) electrons. The highest BCUT2D eigenvalue weighted by atomic mass is 19.1. The third kappa shape index (κ3) is 3.31. The van der Waals surface area contributed by atoms with Crippen molar-refractivity contribution in [2.45, 2.75) is 12.5 Å². The second-order valence-electron chi connectivity index (χ2n) is 4.54. The fourth-order valence-electron chi connectivity index (χ4n) is 2.18. The first-order valence-corrected chi connectivity index (χ1v) is 6.39. The van der Waals surface area contributed by atoms with Gasteiger partial charge in [-0.15, -0.1) is 0 Å². The molecule has 2 aromatic rings. The van der Waals surface area contributed by atoms with Crippen LogP contribution < -0.4 is 9.47 Å².